The molecule has 0 aromatic heterocycles. The normalized spacial score (nSPS) is 14.1. The fourth-order valence-corrected chi connectivity index (χ4v) is 3.74. The SMILES string of the molecule is O=C(Nc1ccc(C(=O)OC2CCCCC2)cc1)c1ccc(-c2ccccc2)cc1. The number of carbonyl (C=O) groups excluding carboxylic acids is 2. The van der Waals surface area contributed by atoms with Crippen molar-refractivity contribution in [3.05, 3.63) is 90.0 Å². The Morgan fingerprint density at radius 2 is 1.30 bits per heavy atom. The Morgan fingerprint density at radius 1 is 0.700 bits per heavy atom. The topological polar surface area (TPSA) is 55.4 Å². The molecule has 0 unspecified atom stereocenters. The standard InChI is InChI=1S/C26H25NO3/c28-25(21-13-11-20(12-14-21)19-7-3-1-4-8-19)27-23-17-15-22(16-18-23)26(29)30-24-9-5-2-6-10-24/h1,3-4,7-8,11-18,24H,2,5-6,9-10H2,(H,27,28). The summed E-state index contributed by atoms with van der Waals surface area (Å²) in [6, 6.07) is 24.4. The van der Waals surface area contributed by atoms with Crippen LogP contribution >= 0.6 is 0 Å². The number of carbonyl (C=O) groups is 2. The second-order valence-corrected chi connectivity index (χ2v) is 7.64. The lowest BCUT2D eigenvalue weighted by Gasteiger charge is -2.21. The molecule has 1 amide bonds. The van der Waals surface area contributed by atoms with Crippen LogP contribution in [0, 0.1) is 0 Å². The maximum absolute atomic E-state index is 12.5. The van der Waals surface area contributed by atoms with E-state index in [2.05, 4.69) is 5.32 Å². The van der Waals surface area contributed by atoms with E-state index in [1.54, 1.807) is 24.3 Å². The monoisotopic (exact) mass is 399 g/mol. The second-order valence-electron chi connectivity index (χ2n) is 7.64. The molecule has 0 aliphatic heterocycles. The zero-order chi connectivity index (χ0) is 20.8. The Labute approximate surface area is 176 Å². The van der Waals surface area contributed by atoms with Crippen molar-refractivity contribution >= 4 is 17.6 Å². The molecule has 0 spiro atoms. The van der Waals surface area contributed by atoms with Gasteiger partial charge in [-0.3, -0.25) is 4.79 Å². The largest absolute Gasteiger partial charge is 0.459 e. The molecule has 4 rings (SSSR count). The average Bonchev–Trinajstić information content (AvgIpc) is 2.81. The van der Waals surface area contributed by atoms with Crippen molar-refractivity contribution in [2.75, 3.05) is 5.32 Å². The average molecular weight is 399 g/mol. The van der Waals surface area contributed by atoms with Crippen LogP contribution < -0.4 is 5.32 Å². The predicted octanol–water partition coefficient (Wildman–Crippen LogP) is 6.10. The molecule has 0 atom stereocenters. The quantitative estimate of drug-likeness (QED) is 0.528. The zero-order valence-electron chi connectivity index (χ0n) is 16.8. The van der Waals surface area contributed by atoms with Crippen LogP contribution in [0.15, 0.2) is 78.9 Å². The van der Waals surface area contributed by atoms with Crippen LogP contribution in [0.5, 0.6) is 0 Å². The van der Waals surface area contributed by atoms with Crippen LogP contribution in [0.25, 0.3) is 11.1 Å². The van der Waals surface area contributed by atoms with Crippen molar-refractivity contribution in [2.45, 2.75) is 38.2 Å². The van der Waals surface area contributed by atoms with E-state index in [0.29, 0.717) is 16.8 Å². The second kappa shape index (κ2) is 9.40. The first-order chi connectivity index (χ1) is 14.7. The highest BCUT2D eigenvalue weighted by Crippen LogP contribution is 2.22. The fourth-order valence-electron chi connectivity index (χ4n) is 3.74. The van der Waals surface area contributed by atoms with E-state index in [1.165, 1.54) is 6.42 Å². The van der Waals surface area contributed by atoms with Crippen LogP contribution in [0.3, 0.4) is 0 Å². The van der Waals surface area contributed by atoms with E-state index < -0.39 is 0 Å². The molecule has 3 aromatic rings. The highest BCUT2D eigenvalue weighted by molar-refractivity contribution is 6.04. The summed E-state index contributed by atoms with van der Waals surface area (Å²) < 4.78 is 5.59. The van der Waals surface area contributed by atoms with Crippen LogP contribution in [0.1, 0.15) is 52.8 Å². The maximum Gasteiger partial charge on any atom is 0.338 e. The first-order valence-electron chi connectivity index (χ1n) is 10.5. The molecule has 3 aromatic carbocycles. The van der Waals surface area contributed by atoms with E-state index in [1.807, 2.05) is 54.6 Å². The van der Waals surface area contributed by atoms with Gasteiger partial charge in [-0.05, 0) is 73.2 Å². The summed E-state index contributed by atoms with van der Waals surface area (Å²) in [7, 11) is 0. The lowest BCUT2D eigenvalue weighted by atomic mass is 9.98. The molecule has 152 valence electrons. The number of rotatable bonds is 5. The van der Waals surface area contributed by atoms with Gasteiger partial charge in [-0.15, -0.1) is 0 Å². The van der Waals surface area contributed by atoms with Crippen LogP contribution in [0.2, 0.25) is 0 Å². The third kappa shape index (κ3) is 4.95. The maximum atomic E-state index is 12.5. The summed E-state index contributed by atoms with van der Waals surface area (Å²) in [6.07, 6.45) is 5.39. The third-order valence-electron chi connectivity index (χ3n) is 5.46. The minimum Gasteiger partial charge on any atom is -0.459 e. The summed E-state index contributed by atoms with van der Waals surface area (Å²) >= 11 is 0. The van der Waals surface area contributed by atoms with Crippen LogP contribution in [-0.2, 0) is 4.74 Å². The molecule has 4 nitrogen and oxygen atoms in total. The summed E-state index contributed by atoms with van der Waals surface area (Å²) in [5.41, 5.74) is 3.90. The van der Waals surface area contributed by atoms with Crippen LogP contribution in [0.4, 0.5) is 5.69 Å². The molecule has 1 N–H and O–H groups in total. The van der Waals surface area contributed by atoms with E-state index >= 15 is 0 Å². The number of benzene rings is 3. The van der Waals surface area contributed by atoms with Gasteiger partial charge in [0.2, 0.25) is 0 Å². The number of anilines is 1. The molecule has 0 radical (unpaired) electrons. The van der Waals surface area contributed by atoms with E-state index in [4.69, 9.17) is 4.74 Å². The molecule has 0 saturated heterocycles. The van der Waals surface area contributed by atoms with Gasteiger partial charge in [0, 0.05) is 11.3 Å². The van der Waals surface area contributed by atoms with Gasteiger partial charge in [0.1, 0.15) is 6.10 Å². The van der Waals surface area contributed by atoms with Gasteiger partial charge in [-0.2, -0.15) is 0 Å². The van der Waals surface area contributed by atoms with Gasteiger partial charge >= 0.3 is 5.97 Å². The first-order valence-corrected chi connectivity index (χ1v) is 10.5. The van der Waals surface area contributed by atoms with Gasteiger partial charge in [0.15, 0.2) is 0 Å². The number of esters is 1. The Morgan fingerprint density at radius 3 is 1.97 bits per heavy atom. The molecule has 1 saturated carbocycles. The van der Waals surface area contributed by atoms with Gasteiger partial charge in [0.25, 0.3) is 5.91 Å². The van der Waals surface area contributed by atoms with Gasteiger partial charge < -0.3 is 10.1 Å². The van der Waals surface area contributed by atoms with Gasteiger partial charge in [-0.25, -0.2) is 4.79 Å². The Kier molecular flexibility index (Phi) is 6.23. The predicted molar refractivity (Wildman–Crippen MR) is 119 cm³/mol. The van der Waals surface area contributed by atoms with E-state index in [0.717, 1.165) is 36.8 Å². The Hall–Kier alpha value is -3.40. The molecule has 1 aliphatic carbocycles. The highest BCUT2D eigenvalue weighted by Gasteiger charge is 2.18. The number of nitrogens with one attached hydrogen (secondary N) is 1. The number of ether oxygens (including phenoxy) is 1. The zero-order valence-corrected chi connectivity index (χ0v) is 16.8. The first kappa shape index (κ1) is 19.9. The number of hydrogen-bond acceptors (Lipinski definition) is 3. The van der Waals surface area contributed by atoms with E-state index in [-0.39, 0.29) is 18.0 Å². The van der Waals surface area contributed by atoms with Crippen LogP contribution in [-0.4, -0.2) is 18.0 Å². The smallest absolute Gasteiger partial charge is 0.338 e. The molecule has 0 heterocycles. The third-order valence-corrected chi connectivity index (χ3v) is 5.46. The minimum atomic E-state index is -0.295. The minimum absolute atomic E-state index is 0.0319. The number of hydrogen-bond donors (Lipinski definition) is 1. The molecule has 1 fully saturated rings. The van der Waals surface area contributed by atoms with Crippen molar-refractivity contribution in [3.63, 3.8) is 0 Å². The lowest BCUT2D eigenvalue weighted by Crippen LogP contribution is -2.20. The molecule has 0 bridgehead atoms. The Bertz CT molecular complexity index is 989. The molecule has 30 heavy (non-hydrogen) atoms. The summed E-state index contributed by atoms with van der Waals surface area (Å²) in [5.74, 6) is -0.483. The Balaban J connectivity index is 1.35. The highest BCUT2D eigenvalue weighted by atomic mass is 16.5. The summed E-state index contributed by atoms with van der Waals surface area (Å²) in [4.78, 5) is 24.8. The molecule has 1 aliphatic rings. The van der Waals surface area contributed by atoms with Crippen molar-refractivity contribution in [1.29, 1.82) is 0 Å². The summed E-state index contributed by atoms with van der Waals surface area (Å²) in [5, 5.41) is 2.87. The summed E-state index contributed by atoms with van der Waals surface area (Å²) in [6.45, 7) is 0. The van der Waals surface area contributed by atoms with Crippen molar-refractivity contribution in [2.24, 2.45) is 0 Å². The van der Waals surface area contributed by atoms with Gasteiger partial charge in [-0.1, -0.05) is 48.9 Å². The van der Waals surface area contributed by atoms with E-state index in [9.17, 15) is 9.59 Å². The molecule has 4 heteroatoms. The van der Waals surface area contributed by atoms with Crippen molar-refractivity contribution in [1.82, 2.24) is 0 Å². The number of amides is 1. The van der Waals surface area contributed by atoms with Gasteiger partial charge in [0.05, 0.1) is 5.56 Å². The lowest BCUT2D eigenvalue weighted by molar-refractivity contribution is 0.0211. The van der Waals surface area contributed by atoms with Crippen molar-refractivity contribution in [3.8, 4) is 11.1 Å². The molecular weight excluding hydrogens is 374 g/mol. The van der Waals surface area contributed by atoms with Crippen molar-refractivity contribution < 1.29 is 14.3 Å². The molecular formula is C26H25NO3. The fraction of sp³-hybridized carbons (Fsp3) is 0.231.